The molecule has 0 radical (unpaired) electrons. The van der Waals surface area contributed by atoms with Crippen LogP contribution >= 0.6 is 0 Å². The fourth-order valence-corrected chi connectivity index (χ4v) is 1.85. The normalized spacial score (nSPS) is 15.5. The molecule has 0 aromatic carbocycles. The topological polar surface area (TPSA) is 55.4 Å². The average molecular weight is 223 g/mol. The molecule has 1 N–H and O–H groups in total. The van der Waals surface area contributed by atoms with Gasteiger partial charge >= 0.3 is 0 Å². The highest BCUT2D eigenvalue weighted by atomic mass is 32.2. The zero-order valence-corrected chi connectivity index (χ0v) is 10.4. The molecule has 0 fully saturated rings. The highest BCUT2D eigenvalue weighted by molar-refractivity contribution is 7.92. The lowest BCUT2D eigenvalue weighted by Gasteiger charge is -2.32. The molecule has 0 heterocycles. The number of likely N-dealkylation sites (N-methyl/N-ethyl adjacent to an activating group) is 1. The second-order valence-corrected chi connectivity index (χ2v) is 6.54. The van der Waals surface area contributed by atoms with Gasteiger partial charge in [0.2, 0.25) is 0 Å². The molecule has 0 aromatic rings. The Bertz CT molecular complexity index is 253. The van der Waals surface area contributed by atoms with Crippen LogP contribution in [0.2, 0.25) is 0 Å². The summed E-state index contributed by atoms with van der Waals surface area (Å²) >= 11 is 0. The van der Waals surface area contributed by atoms with Crippen molar-refractivity contribution in [3.8, 4) is 0 Å². The summed E-state index contributed by atoms with van der Waals surface area (Å²) in [4.78, 5) is 0. The van der Waals surface area contributed by atoms with Gasteiger partial charge in [0, 0.05) is 19.4 Å². The first-order valence-electron chi connectivity index (χ1n) is 4.69. The van der Waals surface area contributed by atoms with Crippen LogP contribution < -0.4 is 5.32 Å². The molecule has 0 aliphatic carbocycles. The third kappa shape index (κ3) is 3.22. The second kappa shape index (κ2) is 5.09. The van der Waals surface area contributed by atoms with Crippen molar-refractivity contribution in [2.75, 3.05) is 26.5 Å². The van der Waals surface area contributed by atoms with Crippen LogP contribution in [0.15, 0.2) is 0 Å². The minimum Gasteiger partial charge on any atom is -0.383 e. The van der Waals surface area contributed by atoms with Gasteiger partial charge in [-0.05, 0) is 20.4 Å². The van der Waals surface area contributed by atoms with Gasteiger partial charge < -0.3 is 10.1 Å². The highest BCUT2D eigenvalue weighted by Gasteiger charge is 2.38. The Morgan fingerprint density at radius 1 is 1.43 bits per heavy atom. The first-order chi connectivity index (χ1) is 6.27. The zero-order valence-electron chi connectivity index (χ0n) is 9.62. The van der Waals surface area contributed by atoms with E-state index in [-0.39, 0.29) is 6.04 Å². The number of ether oxygens (including phenoxy) is 1. The Hall–Kier alpha value is -0.130. The molecule has 0 amide bonds. The van der Waals surface area contributed by atoms with Crippen LogP contribution in [0.5, 0.6) is 0 Å². The number of sulfone groups is 1. The fraction of sp³-hybridized carbons (Fsp3) is 1.00. The third-order valence-electron chi connectivity index (χ3n) is 2.58. The van der Waals surface area contributed by atoms with E-state index in [1.807, 2.05) is 6.92 Å². The van der Waals surface area contributed by atoms with Crippen molar-refractivity contribution in [2.24, 2.45) is 0 Å². The van der Waals surface area contributed by atoms with Crippen molar-refractivity contribution in [2.45, 2.75) is 31.6 Å². The molecular formula is C9H21NO3S. The van der Waals surface area contributed by atoms with Gasteiger partial charge in [-0.1, -0.05) is 6.92 Å². The van der Waals surface area contributed by atoms with Crippen molar-refractivity contribution >= 4 is 9.84 Å². The highest BCUT2D eigenvalue weighted by Crippen LogP contribution is 2.20. The number of methoxy groups -OCH3 is 1. The van der Waals surface area contributed by atoms with E-state index in [0.717, 1.165) is 6.54 Å². The SMILES string of the molecule is CCNC(COC)C(C)(C)S(C)(=O)=O. The lowest BCUT2D eigenvalue weighted by molar-refractivity contribution is 0.153. The molecule has 86 valence electrons. The van der Waals surface area contributed by atoms with Gasteiger partial charge in [0.25, 0.3) is 0 Å². The van der Waals surface area contributed by atoms with Crippen molar-refractivity contribution in [1.82, 2.24) is 5.32 Å². The van der Waals surface area contributed by atoms with Crippen molar-refractivity contribution in [1.29, 1.82) is 0 Å². The van der Waals surface area contributed by atoms with Crippen molar-refractivity contribution in [3.05, 3.63) is 0 Å². The minimum atomic E-state index is -3.09. The van der Waals surface area contributed by atoms with E-state index >= 15 is 0 Å². The Morgan fingerprint density at radius 3 is 2.21 bits per heavy atom. The maximum Gasteiger partial charge on any atom is 0.154 e. The van der Waals surface area contributed by atoms with Crippen LogP contribution in [0.4, 0.5) is 0 Å². The first kappa shape index (κ1) is 13.9. The zero-order chi connectivity index (χ0) is 11.4. The van der Waals surface area contributed by atoms with E-state index in [4.69, 9.17) is 4.74 Å². The van der Waals surface area contributed by atoms with Crippen LogP contribution in [0.25, 0.3) is 0 Å². The largest absolute Gasteiger partial charge is 0.383 e. The summed E-state index contributed by atoms with van der Waals surface area (Å²) in [6, 6.07) is -0.174. The summed E-state index contributed by atoms with van der Waals surface area (Å²) in [6.45, 7) is 6.51. The lowest BCUT2D eigenvalue weighted by atomic mass is 10.0. The predicted octanol–water partition coefficient (Wildman–Crippen LogP) is 0.434. The predicted molar refractivity (Wildman–Crippen MR) is 58.3 cm³/mol. The van der Waals surface area contributed by atoms with Crippen LogP contribution in [-0.4, -0.2) is 45.7 Å². The number of hydrogen-bond acceptors (Lipinski definition) is 4. The smallest absolute Gasteiger partial charge is 0.154 e. The van der Waals surface area contributed by atoms with Gasteiger partial charge in [0.05, 0.1) is 11.4 Å². The van der Waals surface area contributed by atoms with E-state index in [0.29, 0.717) is 6.61 Å². The molecule has 1 unspecified atom stereocenters. The first-order valence-corrected chi connectivity index (χ1v) is 6.58. The van der Waals surface area contributed by atoms with Crippen molar-refractivity contribution < 1.29 is 13.2 Å². The molecule has 0 aliphatic heterocycles. The minimum absolute atomic E-state index is 0.174. The average Bonchev–Trinajstić information content (AvgIpc) is 2.02. The molecule has 0 aliphatic rings. The molecule has 1 atom stereocenters. The monoisotopic (exact) mass is 223 g/mol. The van der Waals surface area contributed by atoms with Crippen LogP contribution in [0, 0.1) is 0 Å². The Balaban J connectivity index is 4.79. The van der Waals surface area contributed by atoms with Crippen molar-refractivity contribution in [3.63, 3.8) is 0 Å². The van der Waals surface area contributed by atoms with Gasteiger partial charge in [0.15, 0.2) is 9.84 Å². The maximum absolute atomic E-state index is 11.5. The molecule has 0 aromatic heterocycles. The number of rotatable bonds is 6. The van der Waals surface area contributed by atoms with E-state index in [1.54, 1.807) is 21.0 Å². The Kier molecular flexibility index (Phi) is 5.05. The fourth-order valence-electron chi connectivity index (χ4n) is 1.18. The molecule has 0 spiro atoms. The second-order valence-electron chi connectivity index (χ2n) is 3.94. The summed E-state index contributed by atoms with van der Waals surface area (Å²) < 4.78 is 27.3. The molecule has 4 nitrogen and oxygen atoms in total. The summed E-state index contributed by atoms with van der Waals surface area (Å²) in [5.41, 5.74) is 0. The molecule has 0 saturated carbocycles. The molecule has 0 bridgehead atoms. The lowest BCUT2D eigenvalue weighted by Crippen LogP contribution is -2.53. The third-order valence-corrected chi connectivity index (χ3v) is 4.77. The van der Waals surface area contributed by atoms with Crippen LogP contribution in [0.1, 0.15) is 20.8 Å². The molecule has 0 rings (SSSR count). The molecular weight excluding hydrogens is 202 g/mol. The van der Waals surface area contributed by atoms with Gasteiger partial charge in [-0.3, -0.25) is 0 Å². The summed E-state index contributed by atoms with van der Waals surface area (Å²) in [5.74, 6) is 0. The van der Waals surface area contributed by atoms with Gasteiger partial charge in [0.1, 0.15) is 0 Å². The standard InChI is InChI=1S/C9H21NO3S/c1-6-10-8(7-13-4)9(2,3)14(5,11)12/h8,10H,6-7H2,1-5H3. The van der Waals surface area contributed by atoms with E-state index in [1.165, 1.54) is 6.26 Å². The summed E-state index contributed by atoms with van der Waals surface area (Å²) in [6.07, 6.45) is 1.26. The quantitative estimate of drug-likeness (QED) is 0.709. The maximum atomic E-state index is 11.5. The Morgan fingerprint density at radius 2 is 1.93 bits per heavy atom. The number of hydrogen-bond donors (Lipinski definition) is 1. The summed E-state index contributed by atoms with van der Waals surface area (Å²) in [5, 5.41) is 3.13. The van der Waals surface area contributed by atoms with Crippen LogP contribution in [-0.2, 0) is 14.6 Å². The number of nitrogens with one attached hydrogen (secondary N) is 1. The molecule has 0 saturated heterocycles. The summed E-state index contributed by atoms with van der Waals surface area (Å²) in [7, 11) is -1.52. The Labute approximate surface area is 86.9 Å². The van der Waals surface area contributed by atoms with Gasteiger partial charge in [-0.2, -0.15) is 0 Å². The van der Waals surface area contributed by atoms with E-state index in [2.05, 4.69) is 5.32 Å². The van der Waals surface area contributed by atoms with E-state index in [9.17, 15) is 8.42 Å². The van der Waals surface area contributed by atoms with Crippen LogP contribution in [0.3, 0.4) is 0 Å². The molecule has 5 heteroatoms. The van der Waals surface area contributed by atoms with E-state index < -0.39 is 14.6 Å². The molecule has 14 heavy (non-hydrogen) atoms. The van der Waals surface area contributed by atoms with Gasteiger partial charge in [-0.25, -0.2) is 8.42 Å². The van der Waals surface area contributed by atoms with Gasteiger partial charge in [-0.15, -0.1) is 0 Å².